The Morgan fingerprint density at radius 1 is 1.10 bits per heavy atom. The van der Waals surface area contributed by atoms with Gasteiger partial charge in [-0.15, -0.1) is 11.3 Å². The van der Waals surface area contributed by atoms with E-state index in [-0.39, 0.29) is 36.6 Å². The number of aromatic nitrogens is 1. The molecule has 3 amide bonds. The molecule has 3 atom stereocenters. The highest BCUT2D eigenvalue weighted by Gasteiger charge is 2.42. The number of thiazole rings is 1. The standard InChI is InChI=1S/C29H40N4O5S/c1-18(20-12-14-21(15-13-20)25-19(2)30-17-39-25)31-27(37)22-9-8-16-33(22)28(38)26(29(3,4)5)32-23(34)10-6-7-11-24(35)36/h12-15,17-18,22,26H,6-11,16H2,1-5H3,(H,31,37)(H,32,34)(H,35,36)/t18-,22-,26+/m0/s1. The number of amides is 3. The zero-order valence-electron chi connectivity index (χ0n) is 23.5. The van der Waals surface area contributed by atoms with Crippen molar-refractivity contribution < 1.29 is 24.3 Å². The van der Waals surface area contributed by atoms with Crippen LogP contribution in [0.4, 0.5) is 0 Å². The number of hydrogen-bond acceptors (Lipinski definition) is 6. The van der Waals surface area contributed by atoms with Crippen LogP contribution in [0.1, 0.15) is 83.5 Å². The molecule has 0 bridgehead atoms. The summed E-state index contributed by atoms with van der Waals surface area (Å²) >= 11 is 1.59. The van der Waals surface area contributed by atoms with Crippen molar-refractivity contribution in [3.05, 3.63) is 41.0 Å². The summed E-state index contributed by atoms with van der Waals surface area (Å²) in [6.45, 7) is 10.00. The number of benzene rings is 1. The molecule has 0 saturated carbocycles. The molecule has 1 saturated heterocycles. The van der Waals surface area contributed by atoms with Crippen LogP contribution in [0.5, 0.6) is 0 Å². The molecule has 3 N–H and O–H groups in total. The third-order valence-electron chi connectivity index (χ3n) is 7.08. The molecule has 0 aliphatic carbocycles. The van der Waals surface area contributed by atoms with Crippen molar-refractivity contribution in [1.82, 2.24) is 20.5 Å². The number of carbonyl (C=O) groups excluding carboxylic acids is 3. The van der Waals surface area contributed by atoms with Gasteiger partial charge in [0.2, 0.25) is 17.7 Å². The summed E-state index contributed by atoms with van der Waals surface area (Å²) in [4.78, 5) is 57.3. The lowest BCUT2D eigenvalue weighted by Crippen LogP contribution is -2.57. The molecule has 0 radical (unpaired) electrons. The Balaban J connectivity index is 1.63. The molecule has 2 aromatic rings. The molecule has 212 valence electrons. The lowest BCUT2D eigenvalue weighted by atomic mass is 9.85. The summed E-state index contributed by atoms with van der Waals surface area (Å²) in [6, 6.07) is 6.42. The molecular weight excluding hydrogens is 516 g/mol. The van der Waals surface area contributed by atoms with Crippen LogP contribution < -0.4 is 10.6 Å². The monoisotopic (exact) mass is 556 g/mol. The first-order valence-electron chi connectivity index (χ1n) is 13.5. The van der Waals surface area contributed by atoms with Crippen LogP contribution in [0.2, 0.25) is 0 Å². The molecule has 39 heavy (non-hydrogen) atoms. The smallest absolute Gasteiger partial charge is 0.303 e. The van der Waals surface area contributed by atoms with E-state index in [1.54, 1.807) is 16.2 Å². The maximum atomic E-state index is 13.6. The number of carboxylic acid groups (broad SMARTS) is 1. The van der Waals surface area contributed by atoms with Crippen LogP contribution in [0.3, 0.4) is 0 Å². The van der Waals surface area contributed by atoms with Gasteiger partial charge in [-0.25, -0.2) is 4.98 Å². The van der Waals surface area contributed by atoms with Crippen LogP contribution >= 0.6 is 11.3 Å². The van der Waals surface area contributed by atoms with Crippen molar-refractivity contribution in [1.29, 1.82) is 0 Å². The van der Waals surface area contributed by atoms with Crippen LogP contribution in [0, 0.1) is 12.3 Å². The SMILES string of the molecule is Cc1ncsc1-c1ccc([C@H](C)NC(=O)[C@@H]2CCCN2C(=O)[C@@H](NC(=O)CCCCC(=O)O)C(C)(C)C)cc1. The number of likely N-dealkylation sites (tertiary alicyclic amines) is 1. The van der Waals surface area contributed by atoms with Gasteiger partial charge < -0.3 is 20.6 Å². The predicted molar refractivity (Wildman–Crippen MR) is 151 cm³/mol. The maximum Gasteiger partial charge on any atom is 0.303 e. The number of carboxylic acids is 1. The van der Waals surface area contributed by atoms with Crippen molar-refractivity contribution in [2.45, 2.75) is 91.3 Å². The summed E-state index contributed by atoms with van der Waals surface area (Å²) < 4.78 is 0. The fourth-order valence-corrected chi connectivity index (χ4v) is 5.62. The summed E-state index contributed by atoms with van der Waals surface area (Å²) in [6.07, 6.45) is 2.26. The van der Waals surface area contributed by atoms with Gasteiger partial charge in [0, 0.05) is 19.4 Å². The largest absolute Gasteiger partial charge is 0.481 e. The van der Waals surface area contributed by atoms with Gasteiger partial charge in [0.25, 0.3) is 0 Å². The second-order valence-electron chi connectivity index (χ2n) is 11.3. The molecule has 2 heterocycles. The molecule has 10 heteroatoms. The first kappa shape index (κ1) is 30.3. The van der Waals surface area contributed by atoms with Gasteiger partial charge in [0.1, 0.15) is 12.1 Å². The Morgan fingerprint density at radius 2 is 1.77 bits per heavy atom. The number of aryl methyl sites for hydroxylation is 1. The maximum absolute atomic E-state index is 13.6. The third kappa shape index (κ3) is 8.11. The highest BCUT2D eigenvalue weighted by molar-refractivity contribution is 7.13. The van der Waals surface area contributed by atoms with Crippen molar-refractivity contribution >= 4 is 35.0 Å². The zero-order chi connectivity index (χ0) is 28.7. The van der Waals surface area contributed by atoms with Gasteiger partial charge in [-0.3, -0.25) is 19.2 Å². The minimum absolute atomic E-state index is 0.00777. The van der Waals surface area contributed by atoms with Gasteiger partial charge in [-0.1, -0.05) is 45.0 Å². The van der Waals surface area contributed by atoms with Gasteiger partial charge in [0.15, 0.2) is 0 Å². The number of unbranched alkanes of at least 4 members (excludes halogenated alkanes) is 1. The Morgan fingerprint density at radius 3 is 2.36 bits per heavy atom. The predicted octanol–water partition coefficient (Wildman–Crippen LogP) is 4.46. The average Bonchev–Trinajstić information content (AvgIpc) is 3.53. The van der Waals surface area contributed by atoms with E-state index in [0.717, 1.165) is 21.7 Å². The van der Waals surface area contributed by atoms with Gasteiger partial charge in [-0.05, 0) is 56.1 Å². The topological polar surface area (TPSA) is 129 Å². The van der Waals surface area contributed by atoms with E-state index in [9.17, 15) is 19.2 Å². The van der Waals surface area contributed by atoms with E-state index in [0.29, 0.717) is 32.2 Å². The minimum atomic E-state index is -0.895. The van der Waals surface area contributed by atoms with E-state index < -0.39 is 23.5 Å². The van der Waals surface area contributed by atoms with Crippen LogP contribution in [-0.4, -0.2) is 57.3 Å². The molecule has 3 rings (SSSR count). The molecule has 0 unspecified atom stereocenters. The van der Waals surface area contributed by atoms with Gasteiger partial charge in [0.05, 0.1) is 22.1 Å². The number of carbonyl (C=O) groups is 4. The Kier molecular flexibility index (Phi) is 10.2. The molecule has 9 nitrogen and oxygen atoms in total. The minimum Gasteiger partial charge on any atom is -0.481 e. The fourth-order valence-electron chi connectivity index (χ4n) is 4.81. The first-order valence-corrected chi connectivity index (χ1v) is 14.4. The van der Waals surface area contributed by atoms with E-state index in [2.05, 4.69) is 15.6 Å². The fraction of sp³-hybridized carbons (Fsp3) is 0.552. The Hall–Kier alpha value is -3.27. The molecular formula is C29H40N4O5S. The van der Waals surface area contributed by atoms with E-state index >= 15 is 0 Å². The highest BCUT2D eigenvalue weighted by Crippen LogP contribution is 2.29. The van der Waals surface area contributed by atoms with Crippen molar-refractivity contribution in [3.63, 3.8) is 0 Å². The van der Waals surface area contributed by atoms with Gasteiger partial charge in [-0.2, -0.15) is 0 Å². The molecule has 1 fully saturated rings. The van der Waals surface area contributed by atoms with Gasteiger partial charge >= 0.3 is 5.97 Å². The highest BCUT2D eigenvalue weighted by atomic mass is 32.1. The lowest BCUT2D eigenvalue weighted by molar-refractivity contribution is -0.144. The van der Waals surface area contributed by atoms with Crippen molar-refractivity contribution in [3.8, 4) is 10.4 Å². The lowest BCUT2D eigenvalue weighted by Gasteiger charge is -2.35. The summed E-state index contributed by atoms with van der Waals surface area (Å²) in [5, 5.41) is 14.7. The molecule has 1 aromatic carbocycles. The molecule has 1 aliphatic heterocycles. The summed E-state index contributed by atoms with van der Waals surface area (Å²) in [7, 11) is 0. The van der Waals surface area contributed by atoms with Crippen LogP contribution in [0.25, 0.3) is 10.4 Å². The van der Waals surface area contributed by atoms with Crippen LogP contribution in [-0.2, 0) is 19.2 Å². The Labute approximate surface area is 234 Å². The van der Waals surface area contributed by atoms with Crippen molar-refractivity contribution in [2.24, 2.45) is 5.41 Å². The normalized spacial score (nSPS) is 16.9. The van der Waals surface area contributed by atoms with Crippen molar-refractivity contribution in [2.75, 3.05) is 6.54 Å². The molecule has 1 aliphatic rings. The molecule has 0 spiro atoms. The Bertz CT molecular complexity index is 1170. The van der Waals surface area contributed by atoms with Crippen LogP contribution in [0.15, 0.2) is 29.8 Å². The van der Waals surface area contributed by atoms with E-state index in [1.807, 2.05) is 64.4 Å². The number of aliphatic carboxylic acids is 1. The van der Waals surface area contributed by atoms with E-state index in [4.69, 9.17) is 5.11 Å². The number of rotatable bonds is 11. The average molecular weight is 557 g/mol. The summed E-state index contributed by atoms with van der Waals surface area (Å²) in [5.74, 6) is -1.66. The molecule has 1 aromatic heterocycles. The second kappa shape index (κ2) is 13.2. The quantitative estimate of drug-likeness (QED) is 0.351. The van der Waals surface area contributed by atoms with E-state index in [1.165, 1.54) is 0 Å². The number of nitrogens with one attached hydrogen (secondary N) is 2. The first-order chi connectivity index (χ1) is 18.4. The number of hydrogen-bond donors (Lipinski definition) is 3. The second-order valence-corrected chi connectivity index (χ2v) is 12.1. The summed E-state index contributed by atoms with van der Waals surface area (Å²) in [5.41, 5.74) is 4.30. The number of nitrogens with zero attached hydrogens (tertiary/aromatic N) is 2. The third-order valence-corrected chi connectivity index (χ3v) is 8.06. The zero-order valence-corrected chi connectivity index (χ0v) is 24.3.